The number of aliphatic carboxylic acids is 2. The molecule has 0 amide bonds. The standard InChI is InChI=1S/C20H24N4O.2C2H4O2/c1-23-18-8-3-2-6-15(18)12-17(20(23)25)19-22-9-10-24(19)16-7-4-5-14(11-16)13-21;2*1-2(3)4/h2-3,6,8-10,12,14,16H,4-5,7,11,13,21H2,1H3;2*1H3,(H,3,4)/t14-,16+;;/m0../s1. The molecule has 0 aliphatic heterocycles. The number of para-hydroxylation sites is 1. The SMILES string of the molecule is CC(=O)O.CC(=O)O.Cn1c(=O)c(-c2nccn2[C@@H]2CCC[C@H](CN)C2)cc2ccccc21. The minimum absolute atomic E-state index is 0.00247. The molecule has 1 aromatic carbocycles. The van der Waals surface area contributed by atoms with Crippen molar-refractivity contribution >= 4 is 22.8 Å². The van der Waals surface area contributed by atoms with Crippen molar-refractivity contribution in [3.63, 3.8) is 0 Å². The molecule has 0 unspecified atom stereocenters. The van der Waals surface area contributed by atoms with Crippen molar-refractivity contribution in [1.82, 2.24) is 14.1 Å². The van der Waals surface area contributed by atoms with Crippen molar-refractivity contribution in [3.05, 3.63) is 53.1 Å². The zero-order valence-electron chi connectivity index (χ0n) is 19.3. The summed E-state index contributed by atoms with van der Waals surface area (Å²) in [6, 6.07) is 10.3. The third kappa shape index (κ3) is 7.01. The van der Waals surface area contributed by atoms with Crippen LogP contribution >= 0.6 is 0 Å². The van der Waals surface area contributed by atoms with Crippen molar-refractivity contribution in [2.24, 2.45) is 18.7 Å². The largest absolute Gasteiger partial charge is 0.481 e. The fourth-order valence-corrected chi connectivity index (χ4v) is 4.13. The van der Waals surface area contributed by atoms with Gasteiger partial charge >= 0.3 is 0 Å². The van der Waals surface area contributed by atoms with Crippen molar-refractivity contribution in [2.45, 2.75) is 45.6 Å². The molecule has 2 atom stereocenters. The summed E-state index contributed by atoms with van der Waals surface area (Å²) >= 11 is 0. The molecule has 1 aliphatic carbocycles. The van der Waals surface area contributed by atoms with Crippen LogP contribution in [0.3, 0.4) is 0 Å². The highest BCUT2D eigenvalue weighted by atomic mass is 16.4. The first-order valence-electron chi connectivity index (χ1n) is 10.9. The van der Waals surface area contributed by atoms with Crippen molar-refractivity contribution in [3.8, 4) is 11.4 Å². The van der Waals surface area contributed by atoms with Gasteiger partial charge in [-0.1, -0.05) is 24.6 Å². The van der Waals surface area contributed by atoms with Crippen LogP contribution in [0.2, 0.25) is 0 Å². The Morgan fingerprint density at radius 2 is 1.79 bits per heavy atom. The molecule has 0 spiro atoms. The van der Waals surface area contributed by atoms with Gasteiger partial charge in [0, 0.05) is 39.3 Å². The monoisotopic (exact) mass is 456 g/mol. The number of carboxylic acid groups (broad SMARTS) is 2. The Balaban J connectivity index is 0.000000420. The average molecular weight is 457 g/mol. The van der Waals surface area contributed by atoms with Gasteiger partial charge in [0.2, 0.25) is 0 Å². The Labute approximate surface area is 192 Å². The summed E-state index contributed by atoms with van der Waals surface area (Å²) in [4.78, 5) is 35.5. The molecule has 9 nitrogen and oxygen atoms in total. The predicted molar refractivity (Wildman–Crippen MR) is 127 cm³/mol. The van der Waals surface area contributed by atoms with Gasteiger partial charge in [-0.15, -0.1) is 0 Å². The quantitative estimate of drug-likeness (QED) is 0.549. The summed E-state index contributed by atoms with van der Waals surface area (Å²) in [6.07, 6.45) is 8.37. The van der Waals surface area contributed by atoms with E-state index in [0.717, 1.165) is 50.0 Å². The zero-order chi connectivity index (χ0) is 24.5. The van der Waals surface area contributed by atoms with Gasteiger partial charge in [-0.3, -0.25) is 14.4 Å². The topological polar surface area (TPSA) is 140 Å². The first-order chi connectivity index (χ1) is 15.6. The van der Waals surface area contributed by atoms with Crippen LogP contribution in [0.1, 0.15) is 45.6 Å². The highest BCUT2D eigenvalue weighted by Gasteiger charge is 2.25. The van der Waals surface area contributed by atoms with Crippen molar-refractivity contribution in [2.75, 3.05) is 6.54 Å². The van der Waals surface area contributed by atoms with Gasteiger partial charge in [0.1, 0.15) is 5.82 Å². The third-order valence-electron chi connectivity index (χ3n) is 5.52. The van der Waals surface area contributed by atoms with Crippen LogP contribution in [-0.2, 0) is 16.6 Å². The lowest BCUT2D eigenvalue weighted by atomic mass is 9.85. The van der Waals surface area contributed by atoms with E-state index in [1.807, 2.05) is 43.6 Å². The number of imidazole rings is 1. The number of hydrogen-bond donors (Lipinski definition) is 3. The lowest BCUT2D eigenvalue weighted by Crippen LogP contribution is -2.26. The van der Waals surface area contributed by atoms with Crippen LogP contribution in [0.15, 0.2) is 47.5 Å². The second kappa shape index (κ2) is 12.0. The number of rotatable bonds is 3. The molecule has 0 saturated heterocycles. The van der Waals surface area contributed by atoms with Crippen molar-refractivity contribution < 1.29 is 19.8 Å². The molecular formula is C24H32N4O5. The van der Waals surface area contributed by atoms with E-state index in [2.05, 4.69) is 9.55 Å². The van der Waals surface area contributed by atoms with Crippen LogP contribution < -0.4 is 11.3 Å². The molecule has 178 valence electrons. The smallest absolute Gasteiger partial charge is 0.300 e. The molecule has 0 bridgehead atoms. The molecule has 3 aromatic rings. The van der Waals surface area contributed by atoms with Crippen LogP contribution in [0.4, 0.5) is 0 Å². The minimum Gasteiger partial charge on any atom is -0.481 e. The molecule has 4 rings (SSSR count). The number of nitrogens with zero attached hydrogens (tertiary/aromatic N) is 3. The van der Waals surface area contributed by atoms with E-state index in [4.69, 9.17) is 25.5 Å². The summed E-state index contributed by atoms with van der Waals surface area (Å²) < 4.78 is 3.90. The van der Waals surface area contributed by atoms with Crippen molar-refractivity contribution in [1.29, 1.82) is 0 Å². The second-order valence-electron chi connectivity index (χ2n) is 8.10. The number of nitrogens with two attached hydrogens (primary N) is 1. The predicted octanol–water partition coefficient (Wildman–Crippen LogP) is 3.27. The second-order valence-corrected chi connectivity index (χ2v) is 8.10. The van der Waals surface area contributed by atoms with E-state index < -0.39 is 11.9 Å². The molecule has 4 N–H and O–H groups in total. The van der Waals surface area contributed by atoms with E-state index in [1.165, 1.54) is 12.8 Å². The highest BCUT2D eigenvalue weighted by molar-refractivity contribution is 5.83. The van der Waals surface area contributed by atoms with E-state index in [-0.39, 0.29) is 5.56 Å². The van der Waals surface area contributed by atoms with Gasteiger partial charge < -0.3 is 25.1 Å². The minimum atomic E-state index is -0.833. The van der Waals surface area contributed by atoms with Gasteiger partial charge in [-0.25, -0.2) is 4.98 Å². The molecule has 1 saturated carbocycles. The number of aryl methyl sites for hydroxylation is 1. The Morgan fingerprint density at radius 3 is 2.42 bits per heavy atom. The Hall–Kier alpha value is -3.46. The van der Waals surface area contributed by atoms with E-state index in [9.17, 15) is 4.79 Å². The maximum atomic E-state index is 12.9. The van der Waals surface area contributed by atoms with Gasteiger partial charge in [0.05, 0.1) is 11.1 Å². The number of fused-ring (bicyclic) bond motifs is 1. The van der Waals surface area contributed by atoms with E-state index in [0.29, 0.717) is 17.5 Å². The summed E-state index contributed by atoms with van der Waals surface area (Å²) in [5.41, 5.74) is 7.50. The van der Waals surface area contributed by atoms with Gasteiger partial charge in [0.15, 0.2) is 0 Å². The Kier molecular flexibility index (Phi) is 9.35. The van der Waals surface area contributed by atoms with Crippen LogP contribution in [0.5, 0.6) is 0 Å². The molecule has 1 aliphatic rings. The molecule has 1 fully saturated rings. The van der Waals surface area contributed by atoms with Gasteiger partial charge in [-0.05, 0) is 49.2 Å². The summed E-state index contributed by atoms with van der Waals surface area (Å²) in [7, 11) is 1.83. The first-order valence-corrected chi connectivity index (χ1v) is 10.9. The summed E-state index contributed by atoms with van der Waals surface area (Å²) in [5.74, 6) is -0.331. The number of carboxylic acids is 2. The Morgan fingerprint density at radius 1 is 1.15 bits per heavy atom. The number of carbonyl (C=O) groups is 2. The Bertz CT molecular complexity index is 1130. The fraction of sp³-hybridized carbons (Fsp3) is 0.417. The lowest BCUT2D eigenvalue weighted by molar-refractivity contribution is -0.135. The average Bonchev–Trinajstić information content (AvgIpc) is 3.25. The molecule has 2 aromatic heterocycles. The zero-order valence-corrected chi connectivity index (χ0v) is 19.3. The van der Waals surface area contributed by atoms with Crippen LogP contribution in [0.25, 0.3) is 22.3 Å². The molecule has 9 heteroatoms. The number of benzene rings is 1. The molecule has 0 radical (unpaired) electrons. The lowest BCUT2D eigenvalue weighted by Gasteiger charge is -2.30. The van der Waals surface area contributed by atoms with E-state index in [1.54, 1.807) is 10.8 Å². The normalized spacial score (nSPS) is 17.3. The molecular weight excluding hydrogens is 424 g/mol. The summed E-state index contributed by atoms with van der Waals surface area (Å²) in [5, 5.41) is 15.9. The maximum absolute atomic E-state index is 12.9. The fourth-order valence-electron chi connectivity index (χ4n) is 4.13. The third-order valence-corrected chi connectivity index (χ3v) is 5.52. The number of aromatic nitrogens is 3. The van der Waals surface area contributed by atoms with Crippen LogP contribution in [-0.4, -0.2) is 42.8 Å². The van der Waals surface area contributed by atoms with Gasteiger partial charge in [-0.2, -0.15) is 0 Å². The van der Waals surface area contributed by atoms with E-state index >= 15 is 0 Å². The highest BCUT2D eigenvalue weighted by Crippen LogP contribution is 2.34. The number of pyridine rings is 1. The molecule has 2 heterocycles. The number of hydrogen-bond acceptors (Lipinski definition) is 5. The van der Waals surface area contributed by atoms with Crippen LogP contribution in [0, 0.1) is 5.92 Å². The summed E-state index contributed by atoms with van der Waals surface area (Å²) in [6.45, 7) is 2.90. The molecule has 33 heavy (non-hydrogen) atoms. The maximum Gasteiger partial charge on any atom is 0.300 e. The van der Waals surface area contributed by atoms with Gasteiger partial charge in [0.25, 0.3) is 17.5 Å². The first kappa shape index (κ1) is 25.8.